The van der Waals surface area contributed by atoms with E-state index in [1.54, 1.807) is 0 Å². The van der Waals surface area contributed by atoms with Crippen LogP contribution in [-0.4, -0.2) is 23.2 Å². The van der Waals surface area contributed by atoms with Crippen molar-refractivity contribution in [2.45, 2.75) is 39.3 Å². The number of nitrogens with one attached hydrogen (secondary N) is 1. The number of rotatable bonds is 6. The summed E-state index contributed by atoms with van der Waals surface area (Å²) in [4.78, 5) is 4.36. The fourth-order valence-electron chi connectivity index (χ4n) is 1.83. The molecule has 0 aliphatic carbocycles. The van der Waals surface area contributed by atoms with Crippen molar-refractivity contribution in [1.29, 1.82) is 0 Å². The minimum absolute atomic E-state index is 0. The number of hydrogen-bond donors (Lipinski definition) is 1. The Morgan fingerprint density at radius 3 is 2.77 bits per heavy atom. The van der Waals surface area contributed by atoms with Gasteiger partial charge in [-0.05, 0) is 45.5 Å². The lowest BCUT2D eigenvalue weighted by Crippen LogP contribution is -2.24. The maximum Gasteiger partial charge on any atom is 0.267 e. The van der Waals surface area contributed by atoms with Crippen LogP contribution in [0.25, 0.3) is 0 Å². The van der Waals surface area contributed by atoms with Gasteiger partial charge in [-0.3, -0.25) is 0 Å². The highest BCUT2D eigenvalue weighted by Gasteiger charge is 2.18. The molecule has 0 amide bonds. The molecule has 7 heteroatoms. The molecule has 0 bridgehead atoms. The summed E-state index contributed by atoms with van der Waals surface area (Å²) in [6.07, 6.45) is 0.355. The van der Waals surface area contributed by atoms with Crippen LogP contribution in [-0.2, 0) is 6.42 Å². The molecular formula is C15H21Cl2N3O2. The first-order chi connectivity index (χ1) is 9.99. The van der Waals surface area contributed by atoms with E-state index in [4.69, 9.17) is 20.9 Å². The van der Waals surface area contributed by atoms with Gasteiger partial charge in [-0.15, -0.1) is 12.4 Å². The molecule has 0 saturated heterocycles. The predicted octanol–water partition coefficient (Wildman–Crippen LogP) is 3.74. The van der Waals surface area contributed by atoms with E-state index < -0.39 is 0 Å². The van der Waals surface area contributed by atoms with E-state index in [1.807, 2.05) is 39.1 Å². The highest BCUT2D eigenvalue weighted by atomic mass is 35.5. The van der Waals surface area contributed by atoms with E-state index in [-0.39, 0.29) is 24.6 Å². The molecule has 0 radical (unpaired) electrons. The van der Waals surface area contributed by atoms with Crippen LogP contribution in [0.1, 0.15) is 37.2 Å². The van der Waals surface area contributed by atoms with E-state index in [2.05, 4.69) is 22.4 Å². The average Bonchev–Trinajstić information content (AvgIpc) is 2.91. The minimum atomic E-state index is -0.351. The van der Waals surface area contributed by atoms with Crippen LogP contribution in [0.5, 0.6) is 5.75 Å². The van der Waals surface area contributed by atoms with Gasteiger partial charge in [0.05, 0.1) is 5.02 Å². The van der Waals surface area contributed by atoms with Crippen molar-refractivity contribution in [3.63, 3.8) is 0 Å². The van der Waals surface area contributed by atoms with Crippen molar-refractivity contribution in [3.8, 4) is 5.75 Å². The Kier molecular flexibility index (Phi) is 7.13. The largest absolute Gasteiger partial charge is 0.479 e. The fourth-order valence-corrected chi connectivity index (χ4v) is 2.00. The summed E-state index contributed by atoms with van der Waals surface area (Å²) in [5.74, 6) is 1.73. The molecule has 0 saturated carbocycles. The van der Waals surface area contributed by atoms with Crippen LogP contribution in [0.2, 0.25) is 5.02 Å². The van der Waals surface area contributed by atoms with Crippen molar-refractivity contribution in [2.24, 2.45) is 0 Å². The molecular weight excluding hydrogens is 325 g/mol. The summed E-state index contributed by atoms with van der Waals surface area (Å²) >= 11 is 6.12. The molecule has 1 aromatic carbocycles. The molecule has 0 aliphatic rings. The lowest BCUT2D eigenvalue weighted by atomic mass is 10.2. The zero-order valence-electron chi connectivity index (χ0n) is 13.1. The second kappa shape index (κ2) is 8.36. The molecule has 2 aromatic rings. The third-order valence-electron chi connectivity index (χ3n) is 3.20. The number of aromatic nitrogens is 2. The zero-order chi connectivity index (χ0) is 15.4. The summed E-state index contributed by atoms with van der Waals surface area (Å²) in [6, 6.07) is 5.92. The highest BCUT2D eigenvalue weighted by molar-refractivity contribution is 6.32. The molecule has 0 spiro atoms. The number of ether oxygens (including phenoxy) is 1. The van der Waals surface area contributed by atoms with Crippen LogP contribution >= 0.6 is 24.0 Å². The number of aryl methyl sites for hydroxylation is 1. The van der Waals surface area contributed by atoms with Gasteiger partial charge < -0.3 is 14.6 Å². The fraction of sp³-hybridized carbons (Fsp3) is 0.467. The van der Waals surface area contributed by atoms with E-state index in [9.17, 15) is 0 Å². The SMILES string of the molecule is CNC(C)Cc1noc(C(C)Oc2cc(C)ccc2Cl)n1.Cl. The quantitative estimate of drug-likeness (QED) is 0.863. The molecule has 1 heterocycles. The Balaban J connectivity index is 0.00000242. The van der Waals surface area contributed by atoms with E-state index in [1.165, 1.54) is 0 Å². The lowest BCUT2D eigenvalue weighted by Gasteiger charge is -2.12. The van der Waals surface area contributed by atoms with Crippen molar-refractivity contribution in [3.05, 3.63) is 40.5 Å². The summed E-state index contributed by atoms with van der Waals surface area (Å²) in [5.41, 5.74) is 1.08. The van der Waals surface area contributed by atoms with Crippen LogP contribution in [0, 0.1) is 6.92 Å². The van der Waals surface area contributed by atoms with Crippen molar-refractivity contribution >= 4 is 24.0 Å². The normalized spacial score (nSPS) is 13.3. The maximum atomic E-state index is 6.12. The van der Waals surface area contributed by atoms with Crippen molar-refractivity contribution < 1.29 is 9.26 Å². The van der Waals surface area contributed by atoms with Gasteiger partial charge in [0.1, 0.15) is 5.75 Å². The number of benzene rings is 1. The first-order valence-corrected chi connectivity index (χ1v) is 7.30. The van der Waals surface area contributed by atoms with Crippen LogP contribution in [0.3, 0.4) is 0 Å². The van der Waals surface area contributed by atoms with E-state index >= 15 is 0 Å². The molecule has 22 heavy (non-hydrogen) atoms. The van der Waals surface area contributed by atoms with Gasteiger partial charge in [-0.1, -0.05) is 22.8 Å². The van der Waals surface area contributed by atoms with Crippen molar-refractivity contribution in [2.75, 3.05) is 7.05 Å². The highest BCUT2D eigenvalue weighted by Crippen LogP contribution is 2.29. The Hall–Kier alpha value is -1.30. The topological polar surface area (TPSA) is 60.2 Å². The monoisotopic (exact) mass is 345 g/mol. The van der Waals surface area contributed by atoms with Crippen molar-refractivity contribution in [1.82, 2.24) is 15.5 Å². The summed E-state index contributed by atoms with van der Waals surface area (Å²) in [6.45, 7) is 5.90. The van der Waals surface area contributed by atoms with E-state index in [0.717, 1.165) is 5.56 Å². The third kappa shape index (κ3) is 4.87. The molecule has 5 nitrogen and oxygen atoms in total. The first kappa shape index (κ1) is 18.7. The van der Waals surface area contributed by atoms with Crippen LogP contribution < -0.4 is 10.1 Å². The Labute approximate surface area is 141 Å². The van der Waals surface area contributed by atoms with E-state index in [0.29, 0.717) is 28.9 Å². The molecule has 1 aromatic heterocycles. The van der Waals surface area contributed by atoms with Gasteiger partial charge in [-0.2, -0.15) is 4.98 Å². The maximum absolute atomic E-state index is 6.12. The van der Waals surface area contributed by atoms with Gasteiger partial charge in [0.25, 0.3) is 5.89 Å². The number of nitrogens with zero attached hydrogens (tertiary/aromatic N) is 2. The molecule has 2 unspecified atom stereocenters. The van der Waals surface area contributed by atoms with Gasteiger partial charge in [0.15, 0.2) is 11.9 Å². The molecule has 0 fully saturated rings. The Morgan fingerprint density at radius 2 is 2.09 bits per heavy atom. The summed E-state index contributed by atoms with van der Waals surface area (Å²) in [7, 11) is 1.90. The van der Waals surface area contributed by atoms with Gasteiger partial charge in [0.2, 0.25) is 0 Å². The van der Waals surface area contributed by atoms with Gasteiger partial charge in [-0.25, -0.2) is 0 Å². The van der Waals surface area contributed by atoms with Gasteiger partial charge in [0, 0.05) is 12.5 Å². The molecule has 1 N–H and O–H groups in total. The Bertz CT molecular complexity index is 604. The third-order valence-corrected chi connectivity index (χ3v) is 3.52. The second-order valence-corrected chi connectivity index (χ2v) is 5.54. The zero-order valence-corrected chi connectivity index (χ0v) is 14.7. The molecule has 2 atom stereocenters. The first-order valence-electron chi connectivity index (χ1n) is 6.92. The van der Waals surface area contributed by atoms with Gasteiger partial charge >= 0.3 is 0 Å². The Morgan fingerprint density at radius 1 is 1.36 bits per heavy atom. The standard InChI is InChI=1S/C15H20ClN3O2.ClH/c1-9-5-6-12(16)13(7-9)20-11(3)15-18-14(19-21-15)8-10(2)17-4;/h5-7,10-11,17H,8H2,1-4H3;1H. The molecule has 122 valence electrons. The van der Waals surface area contributed by atoms with Crippen LogP contribution in [0.15, 0.2) is 22.7 Å². The average molecular weight is 346 g/mol. The number of hydrogen-bond acceptors (Lipinski definition) is 5. The number of halogens is 2. The van der Waals surface area contributed by atoms with Crippen LogP contribution in [0.4, 0.5) is 0 Å². The molecule has 2 rings (SSSR count). The molecule has 0 aliphatic heterocycles. The second-order valence-electron chi connectivity index (χ2n) is 5.14. The smallest absolute Gasteiger partial charge is 0.267 e. The summed E-state index contributed by atoms with van der Waals surface area (Å²) in [5, 5.41) is 7.67. The summed E-state index contributed by atoms with van der Waals surface area (Å²) < 4.78 is 11.1. The lowest BCUT2D eigenvalue weighted by molar-refractivity contribution is 0.175. The number of likely N-dealkylation sites (N-methyl/N-ethyl adjacent to an activating group) is 1. The minimum Gasteiger partial charge on any atom is -0.479 e. The predicted molar refractivity (Wildman–Crippen MR) is 89.0 cm³/mol.